The van der Waals surface area contributed by atoms with Crippen LogP contribution in [-0.4, -0.2) is 21.3 Å². The standard InChI is InChI=1S/C11H10N2O2/c14-11(15)6-5-10-9-4-2-1-3-8(9)7-12-13-10/h1-4,7H,5-6H2,(H,14,15). The first kappa shape index (κ1) is 9.58. The molecule has 0 bridgehead atoms. The molecule has 2 aromatic rings. The molecule has 0 aliphatic carbocycles. The molecule has 0 radical (unpaired) electrons. The van der Waals surface area contributed by atoms with Gasteiger partial charge in [0.15, 0.2) is 0 Å². The van der Waals surface area contributed by atoms with E-state index < -0.39 is 5.97 Å². The molecule has 0 amide bonds. The predicted molar refractivity (Wildman–Crippen MR) is 55.5 cm³/mol. The van der Waals surface area contributed by atoms with Crippen molar-refractivity contribution in [1.29, 1.82) is 0 Å². The van der Waals surface area contributed by atoms with Crippen molar-refractivity contribution in [2.75, 3.05) is 0 Å². The van der Waals surface area contributed by atoms with Crippen LogP contribution in [0.3, 0.4) is 0 Å². The van der Waals surface area contributed by atoms with Crippen LogP contribution in [0.4, 0.5) is 0 Å². The molecule has 0 aliphatic heterocycles. The Hall–Kier alpha value is -1.97. The van der Waals surface area contributed by atoms with Crippen molar-refractivity contribution in [2.24, 2.45) is 0 Å². The molecule has 0 atom stereocenters. The highest BCUT2D eigenvalue weighted by Crippen LogP contribution is 2.16. The zero-order valence-corrected chi connectivity index (χ0v) is 8.05. The Morgan fingerprint density at radius 1 is 1.33 bits per heavy atom. The van der Waals surface area contributed by atoms with Crippen molar-refractivity contribution < 1.29 is 9.90 Å². The number of aromatic nitrogens is 2. The molecule has 0 unspecified atom stereocenters. The lowest BCUT2D eigenvalue weighted by atomic mass is 10.1. The van der Waals surface area contributed by atoms with Gasteiger partial charge in [-0.2, -0.15) is 10.2 Å². The van der Waals surface area contributed by atoms with Crippen LogP contribution < -0.4 is 0 Å². The molecule has 1 N–H and O–H groups in total. The SMILES string of the molecule is O=C(O)CCc1nncc2ccccc12. The van der Waals surface area contributed by atoms with E-state index in [0.717, 1.165) is 16.5 Å². The van der Waals surface area contributed by atoms with Crippen LogP contribution in [0.25, 0.3) is 10.8 Å². The molecule has 4 heteroatoms. The molecule has 0 saturated carbocycles. The van der Waals surface area contributed by atoms with E-state index in [1.807, 2.05) is 24.3 Å². The summed E-state index contributed by atoms with van der Waals surface area (Å²) in [5, 5.41) is 18.4. The minimum atomic E-state index is -0.815. The normalized spacial score (nSPS) is 10.4. The Labute approximate surface area is 86.6 Å². The van der Waals surface area contributed by atoms with E-state index in [-0.39, 0.29) is 6.42 Å². The monoisotopic (exact) mass is 202 g/mol. The van der Waals surface area contributed by atoms with Gasteiger partial charge >= 0.3 is 5.97 Å². The van der Waals surface area contributed by atoms with E-state index in [1.165, 1.54) is 0 Å². The molecule has 1 aromatic heterocycles. The molecule has 0 aliphatic rings. The highest BCUT2D eigenvalue weighted by Gasteiger charge is 2.05. The molecule has 0 fully saturated rings. The van der Waals surface area contributed by atoms with Crippen molar-refractivity contribution in [1.82, 2.24) is 10.2 Å². The van der Waals surface area contributed by atoms with Crippen LogP contribution in [0.5, 0.6) is 0 Å². The van der Waals surface area contributed by atoms with E-state index in [2.05, 4.69) is 10.2 Å². The lowest BCUT2D eigenvalue weighted by molar-refractivity contribution is -0.136. The van der Waals surface area contributed by atoms with Gasteiger partial charge in [-0.15, -0.1) is 0 Å². The number of carbonyl (C=O) groups is 1. The number of hydrogen-bond donors (Lipinski definition) is 1. The summed E-state index contributed by atoms with van der Waals surface area (Å²) in [5.74, 6) is -0.815. The van der Waals surface area contributed by atoms with E-state index in [1.54, 1.807) is 6.20 Å². The largest absolute Gasteiger partial charge is 0.481 e. The molecule has 4 nitrogen and oxygen atoms in total. The van der Waals surface area contributed by atoms with E-state index in [0.29, 0.717) is 6.42 Å². The number of aryl methyl sites for hydroxylation is 1. The quantitative estimate of drug-likeness (QED) is 0.821. The number of aliphatic carboxylic acids is 1. The number of benzene rings is 1. The summed E-state index contributed by atoms with van der Waals surface area (Å²) >= 11 is 0. The minimum Gasteiger partial charge on any atom is -0.481 e. The first-order valence-electron chi connectivity index (χ1n) is 4.68. The third-order valence-electron chi connectivity index (χ3n) is 2.22. The molecule has 0 saturated heterocycles. The van der Waals surface area contributed by atoms with Gasteiger partial charge in [0.25, 0.3) is 0 Å². The average molecular weight is 202 g/mol. The molecule has 1 heterocycles. The summed E-state index contributed by atoms with van der Waals surface area (Å²) in [4.78, 5) is 10.5. The Morgan fingerprint density at radius 3 is 2.93 bits per heavy atom. The van der Waals surface area contributed by atoms with Crippen molar-refractivity contribution in [3.05, 3.63) is 36.2 Å². The lowest BCUT2D eigenvalue weighted by Crippen LogP contribution is -2.00. The zero-order valence-electron chi connectivity index (χ0n) is 8.05. The second-order valence-corrected chi connectivity index (χ2v) is 3.27. The van der Waals surface area contributed by atoms with Crippen molar-refractivity contribution >= 4 is 16.7 Å². The fraction of sp³-hybridized carbons (Fsp3) is 0.182. The topological polar surface area (TPSA) is 63.1 Å². The van der Waals surface area contributed by atoms with Gasteiger partial charge in [-0.05, 0) is 0 Å². The number of hydrogen-bond acceptors (Lipinski definition) is 3. The van der Waals surface area contributed by atoms with Gasteiger partial charge in [0.1, 0.15) is 0 Å². The third kappa shape index (κ3) is 2.10. The van der Waals surface area contributed by atoms with Crippen LogP contribution in [0.1, 0.15) is 12.1 Å². The molecule has 76 valence electrons. The second kappa shape index (κ2) is 4.04. The number of carboxylic acid groups (broad SMARTS) is 1. The Morgan fingerprint density at radius 2 is 2.13 bits per heavy atom. The maximum absolute atomic E-state index is 10.5. The number of nitrogens with zero attached hydrogens (tertiary/aromatic N) is 2. The van der Waals surface area contributed by atoms with Crippen LogP contribution in [0.2, 0.25) is 0 Å². The maximum atomic E-state index is 10.5. The van der Waals surface area contributed by atoms with Gasteiger partial charge in [0.05, 0.1) is 18.3 Å². The fourth-order valence-electron chi connectivity index (χ4n) is 1.50. The fourth-order valence-corrected chi connectivity index (χ4v) is 1.50. The van der Waals surface area contributed by atoms with Gasteiger partial charge < -0.3 is 5.11 Å². The first-order valence-corrected chi connectivity index (χ1v) is 4.68. The second-order valence-electron chi connectivity index (χ2n) is 3.27. The highest BCUT2D eigenvalue weighted by molar-refractivity contribution is 5.83. The van der Waals surface area contributed by atoms with E-state index in [4.69, 9.17) is 5.11 Å². The van der Waals surface area contributed by atoms with Crippen molar-refractivity contribution in [3.63, 3.8) is 0 Å². The molecule has 15 heavy (non-hydrogen) atoms. The molecular formula is C11H10N2O2. The average Bonchev–Trinajstić information content (AvgIpc) is 2.26. The number of rotatable bonds is 3. The predicted octanol–water partition coefficient (Wildman–Crippen LogP) is 1.65. The zero-order chi connectivity index (χ0) is 10.7. The minimum absolute atomic E-state index is 0.0860. The molecule has 1 aromatic carbocycles. The number of fused-ring (bicyclic) bond motifs is 1. The van der Waals surface area contributed by atoms with Crippen LogP contribution >= 0.6 is 0 Å². The van der Waals surface area contributed by atoms with Gasteiger partial charge in [0, 0.05) is 17.2 Å². The van der Waals surface area contributed by atoms with Crippen LogP contribution in [-0.2, 0) is 11.2 Å². The Balaban J connectivity index is 2.38. The maximum Gasteiger partial charge on any atom is 0.303 e. The molecular weight excluding hydrogens is 192 g/mol. The summed E-state index contributed by atoms with van der Waals surface area (Å²) in [5.41, 5.74) is 0.746. The highest BCUT2D eigenvalue weighted by atomic mass is 16.4. The summed E-state index contributed by atoms with van der Waals surface area (Å²) < 4.78 is 0. The van der Waals surface area contributed by atoms with E-state index >= 15 is 0 Å². The summed E-state index contributed by atoms with van der Waals surface area (Å²) in [6.07, 6.45) is 2.19. The van der Waals surface area contributed by atoms with Gasteiger partial charge in [-0.25, -0.2) is 0 Å². The lowest BCUT2D eigenvalue weighted by Gasteiger charge is -2.02. The van der Waals surface area contributed by atoms with Crippen molar-refractivity contribution in [3.8, 4) is 0 Å². The number of carboxylic acids is 1. The Bertz CT molecular complexity index is 491. The summed E-state index contributed by atoms with van der Waals surface area (Å²) in [7, 11) is 0. The first-order chi connectivity index (χ1) is 7.27. The van der Waals surface area contributed by atoms with Crippen molar-refractivity contribution in [2.45, 2.75) is 12.8 Å². The van der Waals surface area contributed by atoms with Crippen LogP contribution in [0, 0.1) is 0 Å². The summed E-state index contributed by atoms with van der Waals surface area (Å²) in [6, 6.07) is 7.70. The smallest absolute Gasteiger partial charge is 0.303 e. The molecule has 0 spiro atoms. The van der Waals surface area contributed by atoms with Gasteiger partial charge in [0.2, 0.25) is 0 Å². The van der Waals surface area contributed by atoms with Crippen LogP contribution in [0.15, 0.2) is 30.5 Å². The van der Waals surface area contributed by atoms with Gasteiger partial charge in [-0.3, -0.25) is 4.79 Å². The Kier molecular flexibility index (Phi) is 2.58. The summed E-state index contributed by atoms with van der Waals surface area (Å²) in [6.45, 7) is 0. The van der Waals surface area contributed by atoms with E-state index in [9.17, 15) is 4.79 Å². The molecule has 2 rings (SSSR count). The third-order valence-corrected chi connectivity index (χ3v) is 2.22. The van der Waals surface area contributed by atoms with Gasteiger partial charge in [-0.1, -0.05) is 24.3 Å².